The molecule has 0 radical (unpaired) electrons. The Labute approximate surface area is 180 Å². The first-order valence-corrected chi connectivity index (χ1v) is 10.4. The number of carbonyl (C=O) groups is 1. The topological polar surface area (TPSA) is 66.4 Å². The van der Waals surface area contributed by atoms with Crippen molar-refractivity contribution in [3.05, 3.63) is 28.8 Å². The van der Waals surface area contributed by atoms with Gasteiger partial charge in [-0.15, -0.1) is 0 Å². The summed E-state index contributed by atoms with van der Waals surface area (Å²) in [6, 6.07) is 4.53. The zero-order valence-corrected chi connectivity index (χ0v) is 17.7. The highest BCUT2D eigenvalue weighted by molar-refractivity contribution is 6.30. The molecule has 2 saturated heterocycles. The van der Waals surface area contributed by atoms with E-state index in [0.717, 1.165) is 12.8 Å². The fourth-order valence-corrected chi connectivity index (χ4v) is 3.98. The number of nitrogens with one attached hydrogen (secondary N) is 1. The van der Waals surface area contributed by atoms with Gasteiger partial charge in [-0.2, -0.15) is 8.78 Å². The van der Waals surface area contributed by atoms with Crippen LogP contribution >= 0.6 is 11.6 Å². The molecular weight excluding hydrogens is 418 g/mol. The van der Waals surface area contributed by atoms with Gasteiger partial charge in [-0.25, -0.2) is 0 Å². The van der Waals surface area contributed by atoms with Crippen LogP contribution in [-0.4, -0.2) is 74.7 Å². The van der Waals surface area contributed by atoms with Crippen LogP contribution in [0.5, 0.6) is 5.75 Å². The molecule has 0 saturated carbocycles. The highest BCUT2D eigenvalue weighted by Crippen LogP contribution is 2.25. The molecule has 2 aliphatic rings. The lowest BCUT2D eigenvalue weighted by Crippen LogP contribution is -2.49. The number of amides is 1. The second-order valence-electron chi connectivity index (χ2n) is 7.23. The molecule has 2 heterocycles. The number of carbonyl (C=O) groups excluding carboxylic acids is 1. The lowest BCUT2D eigenvalue weighted by Gasteiger charge is -2.36. The van der Waals surface area contributed by atoms with Crippen LogP contribution in [0.15, 0.2) is 23.2 Å². The smallest absolute Gasteiger partial charge is 0.387 e. The molecular formula is C20H27ClF2N4O3. The fourth-order valence-electron chi connectivity index (χ4n) is 3.78. The maximum atomic E-state index is 12.7. The van der Waals surface area contributed by atoms with E-state index in [1.54, 1.807) is 13.1 Å². The van der Waals surface area contributed by atoms with Crippen LogP contribution in [0, 0.1) is 5.92 Å². The number of aliphatic imine (C=N–C) groups is 1. The van der Waals surface area contributed by atoms with Gasteiger partial charge in [-0.05, 0) is 31.0 Å². The van der Waals surface area contributed by atoms with Gasteiger partial charge in [0.1, 0.15) is 5.75 Å². The highest BCUT2D eigenvalue weighted by Gasteiger charge is 2.30. The molecule has 2 fully saturated rings. The summed E-state index contributed by atoms with van der Waals surface area (Å²) in [7, 11) is 1.67. The first kappa shape index (κ1) is 22.6. The number of hydrogen-bond acceptors (Lipinski definition) is 4. The minimum absolute atomic E-state index is 0.0106. The predicted molar refractivity (Wildman–Crippen MR) is 110 cm³/mol. The van der Waals surface area contributed by atoms with Crippen molar-refractivity contribution in [1.29, 1.82) is 0 Å². The molecule has 0 aliphatic carbocycles. The molecule has 0 unspecified atom stereocenters. The number of alkyl halides is 2. The summed E-state index contributed by atoms with van der Waals surface area (Å²) in [5.74, 6) is 0.937. The summed E-state index contributed by atoms with van der Waals surface area (Å²) in [4.78, 5) is 20.9. The number of piperidine rings is 1. The Hall–Kier alpha value is -2.13. The summed E-state index contributed by atoms with van der Waals surface area (Å²) in [5, 5.41) is 3.62. The number of rotatable bonds is 5. The molecule has 7 nitrogen and oxygen atoms in total. The Morgan fingerprint density at radius 3 is 2.60 bits per heavy atom. The fraction of sp³-hybridized carbons (Fsp3) is 0.600. The van der Waals surface area contributed by atoms with E-state index in [2.05, 4.69) is 19.9 Å². The zero-order chi connectivity index (χ0) is 21.5. The van der Waals surface area contributed by atoms with Gasteiger partial charge in [-0.3, -0.25) is 9.79 Å². The Balaban J connectivity index is 1.54. The normalized spacial score (nSPS) is 18.6. The van der Waals surface area contributed by atoms with Crippen LogP contribution in [0.2, 0.25) is 5.02 Å². The van der Waals surface area contributed by atoms with Gasteiger partial charge in [-0.1, -0.05) is 11.6 Å². The number of likely N-dealkylation sites (tertiary alicyclic amines) is 1. The van der Waals surface area contributed by atoms with Crippen molar-refractivity contribution in [3.63, 3.8) is 0 Å². The SMILES string of the molecule is CN=C(NCc1cc(Cl)ccc1OC(F)F)N1CCC(C(=O)N2CCOCC2)CC1. The van der Waals surface area contributed by atoms with Gasteiger partial charge >= 0.3 is 6.61 Å². The van der Waals surface area contributed by atoms with Crippen molar-refractivity contribution in [3.8, 4) is 5.75 Å². The molecule has 2 aliphatic heterocycles. The van der Waals surface area contributed by atoms with Gasteiger partial charge < -0.3 is 24.6 Å². The number of hydrogen-bond donors (Lipinski definition) is 1. The minimum atomic E-state index is -2.91. The molecule has 30 heavy (non-hydrogen) atoms. The summed E-state index contributed by atoms with van der Waals surface area (Å²) in [6.45, 7) is 1.22. The van der Waals surface area contributed by atoms with Crippen molar-refractivity contribution in [2.45, 2.75) is 26.0 Å². The second kappa shape index (κ2) is 10.8. The molecule has 0 bridgehead atoms. The molecule has 1 N–H and O–H groups in total. The van der Waals surface area contributed by atoms with Crippen molar-refractivity contribution in [1.82, 2.24) is 15.1 Å². The maximum absolute atomic E-state index is 12.7. The third-order valence-corrected chi connectivity index (χ3v) is 5.59. The first-order chi connectivity index (χ1) is 14.5. The van der Waals surface area contributed by atoms with E-state index in [9.17, 15) is 13.6 Å². The summed E-state index contributed by atoms with van der Waals surface area (Å²) >= 11 is 6.01. The monoisotopic (exact) mass is 444 g/mol. The standard InChI is InChI=1S/C20H27ClF2N4O3/c1-24-20(25-13-15-12-16(21)2-3-17(15)30-19(22)23)27-6-4-14(5-7-27)18(28)26-8-10-29-11-9-26/h2-3,12,14,19H,4-11,13H2,1H3,(H,24,25). The number of guanidine groups is 1. The third kappa shape index (κ3) is 5.95. The molecule has 166 valence electrons. The van der Waals surface area contributed by atoms with Crippen LogP contribution in [0.3, 0.4) is 0 Å². The molecule has 1 amide bonds. The molecule has 1 aromatic rings. The van der Waals surface area contributed by atoms with Crippen LogP contribution < -0.4 is 10.1 Å². The van der Waals surface area contributed by atoms with Gasteiger partial charge in [0.15, 0.2) is 5.96 Å². The number of halogens is 3. The van der Waals surface area contributed by atoms with Crippen molar-refractivity contribution in [2.24, 2.45) is 10.9 Å². The van der Waals surface area contributed by atoms with Crippen LogP contribution in [0.4, 0.5) is 8.78 Å². The van der Waals surface area contributed by atoms with Gasteiger partial charge in [0.25, 0.3) is 0 Å². The highest BCUT2D eigenvalue weighted by atomic mass is 35.5. The molecule has 10 heteroatoms. The maximum Gasteiger partial charge on any atom is 0.387 e. The summed E-state index contributed by atoms with van der Waals surface area (Å²) < 4.78 is 35.2. The van der Waals surface area contributed by atoms with Crippen LogP contribution in [0.1, 0.15) is 18.4 Å². The van der Waals surface area contributed by atoms with E-state index in [-0.39, 0.29) is 24.1 Å². The molecule has 0 aromatic heterocycles. The number of benzene rings is 1. The van der Waals surface area contributed by atoms with Crippen LogP contribution in [0.25, 0.3) is 0 Å². The summed E-state index contributed by atoms with van der Waals surface area (Å²) in [5.41, 5.74) is 0.515. The first-order valence-electron chi connectivity index (χ1n) is 10.0. The van der Waals surface area contributed by atoms with Crippen molar-refractivity contribution < 1.29 is 23.0 Å². The summed E-state index contributed by atoms with van der Waals surface area (Å²) in [6.07, 6.45) is 1.49. The van der Waals surface area contributed by atoms with E-state index in [0.29, 0.717) is 55.9 Å². The van der Waals surface area contributed by atoms with E-state index in [4.69, 9.17) is 16.3 Å². The molecule has 0 atom stereocenters. The molecule has 0 spiro atoms. The second-order valence-corrected chi connectivity index (χ2v) is 7.67. The van der Waals surface area contributed by atoms with E-state index < -0.39 is 6.61 Å². The van der Waals surface area contributed by atoms with E-state index >= 15 is 0 Å². The number of morpholine rings is 1. The third-order valence-electron chi connectivity index (χ3n) is 5.35. The van der Waals surface area contributed by atoms with Crippen molar-refractivity contribution in [2.75, 3.05) is 46.4 Å². The van der Waals surface area contributed by atoms with Crippen molar-refractivity contribution >= 4 is 23.5 Å². The average molecular weight is 445 g/mol. The number of nitrogens with zero attached hydrogens (tertiary/aromatic N) is 3. The van der Waals surface area contributed by atoms with Gasteiger partial charge in [0, 0.05) is 56.3 Å². The largest absolute Gasteiger partial charge is 0.434 e. The Bertz CT molecular complexity index is 752. The Morgan fingerprint density at radius 2 is 1.97 bits per heavy atom. The van der Waals surface area contributed by atoms with Gasteiger partial charge in [0.2, 0.25) is 5.91 Å². The molecule has 1 aromatic carbocycles. The minimum Gasteiger partial charge on any atom is -0.434 e. The van der Waals surface area contributed by atoms with Crippen LogP contribution in [-0.2, 0) is 16.1 Å². The lowest BCUT2D eigenvalue weighted by atomic mass is 9.95. The quantitative estimate of drug-likeness (QED) is 0.558. The zero-order valence-electron chi connectivity index (χ0n) is 17.0. The predicted octanol–water partition coefficient (Wildman–Crippen LogP) is 2.59. The number of ether oxygens (including phenoxy) is 2. The Kier molecular flexibility index (Phi) is 8.09. The Morgan fingerprint density at radius 1 is 1.27 bits per heavy atom. The average Bonchev–Trinajstić information content (AvgIpc) is 2.76. The lowest BCUT2D eigenvalue weighted by molar-refractivity contribution is -0.140. The van der Waals surface area contributed by atoms with E-state index in [1.165, 1.54) is 12.1 Å². The molecule has 3 rings (SSSR count). The van der Waals surface area contributed by atoms with Gasteiger partial charge in [0.05, 0.1) is 13.2 Å². The van der Waals surface area contributed by atoms with E-state index in [1.807, 2.05) is 4.90 Å².